The highest BCUT2D eigenvalue weighted by atomic mass is 35.5. The number of carbonyl (C=O) groups is 1. The lowest BCUT2D eigenvalue weighted by molar-refractivity contribution is -0.139. The molecule has 0 saturated carbocycles. The number of aromatic nitrogens is 1. The predicted octanol–water partition coefficient (Wildman–Crippen LogP) is 6.05. The first-order valence-electron chi connectivity index (χ1n) is 8.35. The second kappa shape index (κ2) is 8.18. The van der Waals surface area contributed by atoms with Gasteiger partial charge in [-0.2, -0.15) is 13.2 Å². The van der Waals surface area contributed by atoms with Crippen LogP contribution in [0.3, 0.4) is 0 Å². The van der Waals surface area contributed by atoms with Gasteiger partial charge < -0.3 is 5.73 Å². The van der Waals surface area contributed by atoms with E-state index in [9.17, 15) is 22.4 Å². The number of halogens is 6. The minimum absolute atomic E-state index is 0.0959. The van der Waals surface area contributed by atoms with E-state index in [1.807, 2.05) is 0 Å². The first-order chi connectivity index (χ1) is 13.6. The van der Waals surface area contributed by atoms with Gasteiger partial charge in [0.15, 0.2) is 0 Å². The lowest BCUT2D eigenvalue weighted by Crippen LogP contribution is -2.20. The van der Waals surface area contributed by atoms with E-state index >= 15 is 0 Å². The van der Waals surface area contributed by atoms with Crippen molar-refractivity contribution in [3.8, 4) is 0 Å². The molecule has 0 aliphatic carbocycles. The molecule has 9 heteroatoms. The summed E-state index contributed by atoms with van der Waals surface area (Å²) in [4.78, 5) is 11.8. The predicted molar refractivity (Wildman–Crippen MR) is 106 cm³/mol. The monoisotopic (exact) mass is 444 g/mol. The number of fused-ring (bicyclic) bond motifs is 1. The van der Waals surface area contributed by atoms with Crippen molar-refractivity contribution in [1.82, 2.24) is 4.57 Å². The summed E-state index contributed by atoms with van der Waals surface area (Å²) in [5.41, 5.74) is 5.72. The van der Waals surface area contributed by atoms with Gasteiger partial charge in [0, 0.05) is 22.2 Å². The Kier molecular flexibility index (Phi) is 6.03. The smallest absolute Gasteiger partial charge is 0.322 e. The van der Waals surface area contributed by atoms with Crippen LogP contribution in [-0.2, 0) is 0 Å². The van der Waals surface area contributed by atoms with Gasteiger partial charge in [-0.25, -0.2) is 4.39 Å². The van der Waals surface area contributed by atoms with Gasteiger partial charge in [-0.15, -0.1) is 0 Å². The highest BCUT2D eigenvalue weighted by Gasteiger charge is 2.41. The Morgan fingerprint density at radius 3 is 2.55 bits per heavy atom. The molecule has 0 amide bonds. The number of carbonyl (C=O) groups excluding carboxylic acids is 1. The number of benzene rings is 2. The minimum atomic E-state index is -4.76. The van der Waals surface area contributed by atoms with Gasteiger partial charge >= 0.3 is 6.18 Å². The fraction of sp³-hybridized carbons (Fsp3) is 0.150. The Bertz CT molecular complexity index is 1110. The maximum Gasteiger partial charge on any atom is 0.399 e. The molecular weight excluding hydrogens is 431 g/mol. The summed E-state index contributed by atoms with van der Waals surface area (Å²) in [5.74, 6) is -3.72. The average molecular weight is 445 g/mol. The number of nitrogens with zero attached hydrogens (tertiary/aromatic N) is 1. The van der Waals surface area contributed by atoms with E-state index in [0.717, 1.165) is 18.2 Å². The van der Waals surface area contributed by atoms with Gasteiger partial charge in [0.05, 0.1) is 17.1 Å². The number of allylic oxidation sites excluding steroid dienone is 1. The van der Waals surface area contributed by atoms with Crippen LogP contribution >= 0.6 is 23.2 Å². The second-order valence-electron chi connectivity index (χ2n) is 6.27. The van der Waals surface area contributed by atoms with Crippen LogP contribution in [0, 0.1) is 5.82 Å². The minimum Gasteiger partial charge on any atom is -0.322 e. The molecule has 0 bridgehead atoms. The van der Waals surface area contributed by atoms with Crippen LogP contribution in [0.15, 0.2) is 48.7 Å². The van der Waals surface area contributed by atoms with E-state index in [1.54, 1.807) is 24.3 Å². The van der Waals surface area contributed by atoms with Crippen molar-refractivity contribution in [2.75, 3.05) is 6.54 Å². The van der Waals surface area contributed by atoms with Crippen LogP contribution in [0.4, 0.5) is 17.6 Å². The number of hydrogen-bond acceptors (Lipinski definition) is 2. The van der Waals surface area contributed by atoms with Gasteiger partial charge in [-0.1, -0.05) is 41.4 Å². The Balaban J connectivity index is 2.00. The van der Waals surface area contributed by atoms with Gasteiger partial charge in [0.2, 0.25) is 5.91 Å². The molecule has 2 aromatic carbocycles. The SMILES string of the molecule is NCC(=O)n1ccc2cc(/C=C/C(c3cc(Cl)cc(Cl)c3F)C(F)(F)F)ccc21. The second-order valence-corrected chi connectivity index (χ2v) is 7.11. The van der Waals surface area contributed by atoms with Crippen LogP contribution in [0.1, 0.15) is 21.8 Å². The molecule has 1 heterocycles. The molecule has 3 aromatic rings. The third-order valence-electron chi connectivity index (χ3n) is 4.35. The lowest BCUT2D eigenvalue weighted by Gasteiger charge is -2.19. The fourth-order valence-corrected chi connectivity index (χ4v) is 3.49. The average Bonchev–Trinajstić information content (AvgIpc) is 3.07. The molecule has 1 atom stereocenters. The number of nitrogens with two attached hydrogens (primary N) is 1. The van der Waals surface area contributed by atoms with Crippen molar-refractivity contribution < 1.29 is 22.4 Å². The summed E-state index contributed by atoms with van der Waals surface area (Å²) in [6.07, 6.45) is -1.15. The number of rotatable bonds is 4. The Morgan fingerprint density at radius 2 is 1.90 bits per heavy atom. The van der Waals surface area contributed by atoms with Crippen molar-refractivity contribution in [2.45, 2.75) is 12.1 Å². The van der Waals surface area contributed by atoms with Crippen LogP contribution < -0.4 is 5.73 Å². The van der Waals surface area contributed by atoms with E-state index < -0.39 is 28.5 Å². The van der Waals surface area contributed by atoms with Crippen LogP contribution in [0.2, 0.25) is 10.0 Å². The van der Waals surface area contributed by atoms with Gasteiger partial charge in [0.25, 0.3) is 0 Å². The van der Waals surface area contributed by atoms with Crippen molar-refractivity contribution >= 4 is 46.1 Å². The summed E-state index contributed by atoms with van der Waals surface area (Å²) in [6, 6.07) is 8.36. The van der Waals surface area contributed by atoms with Crippen molar-refractivity contribution in [3.63, 3.8) is 0 Å². The molecule has 0 spiro atoms. The Morgan fingerprint density at radius 1 is 1.17 bits per heavy atom. The molecule has 0 aliphatic heterocycles. The zero-order valence-electron chi connectivity index (χ0n) is 14.7. The van der Waals surface area contributed by atoms with Crippen LogP contribution in [0.25, 0.3) is 17.0 Å². The van der Waals surface area contributed by atoms with E-state index in [0.29, 0.717) is 16.5 Å². The molecule has 1 aromatic heterocycles. The molecule has 29 heavy (non-hydrogen) atoms. The number of alkyl halides is 3. The molecular formula is C20H14Cl2F4N2O. The molecule has 152 valence electrons. The van der Waals surface area contributed by atoms with Crippen LogP contribution in [0.5, 0.6) is 0 Å². The van der Waals surface area contributed by atoms with Crippen molar-refractivity contribution in [3.05, 3.63) is 75.7 Å². The van der Waals surface area contributed by atoms with Crippen molar-refractivity contribution in [1.29, 1.82) is 0 Å². The Labute approximate surface area is 173 Å². The zero-order valence-corrected chi connectivity index (χ0v) is 16.2. The topological polar surface area (TPSA) is 48.0 Å². The first kappa shape index (κ1) is 21.4. The molecule has 1 unspecified atom stereocenters. The van der Waals surface area contributed by atoms with Gasteiger partial charge in [-0.05, 0) is 35.9 Å². The molecule has 2 N–H and O–H groups in total. The first-order valence-corrected chi connectivity index (χ1v) is 9.11. The van der Waals surface area contributed by atoms with E-state index in [-0.39, 0.29) is 17.5 Å². The summed E-state index contributed by atoms with van der Waals surface area (Å²) in [6.45, 7) is -0.174. The maximum atomic E-state index is 14.2. The fourth-order valence-electron chi connectivity index (χ4n) is 2.98. The summed E-state index contributed by atoms with van der Waals surface area (Å²) in [7, 11) is 0. The maximum absolute atomic E-state index is 14.2. The highest BCUT2D eigenvalue weighted by molar-refractivity contribution is 6.34. The van der Waals surface area contributed by atoms with Gasteiger partial charge in [-0.3, -0.25) is 9.36 Å². The highest BCUT2D eigenvalue weighted by Crippen LogP contribution is 2.40. The van der Waals surface area contributed by atoms with E-state index in [2.05, 4.69) is 0 Å². The molecule has 0 fully saturated rings. The number of hydrogen-bond donors (Lipinski definition) is 1. The third-order valence-corrected chi connectivity index (χ3v) is 4.84. The normalized spacial score (nSPS) is 13.3. The van der Waals surface area contributed by atoms with Crippen LogP contribution in [-0.4, -0.2) is 23.2 Å². The molecule has 0 aliphatic rings. The third kappa shape index (κ3) is 4.47. The van der Waals surface area contributed by atoms with E-state index in [1.165, 1.54) is 16.8 Å². The standard InChI is InChI=1S/C20H14Cl2F4N2O/c21-13-8-14(19(23)16(22)9-13)15(20(24,25)26)3-1-11-2-4-17-12(7-11)5-6-28(17)18(29)10-27/h1-9,15H,10,27H2/b3-1+. The van der Waals surface area contributed by atoms with Crippen molar-refractivity contribution in [2.24, 2.45) is 5.73 Å². The molecule has 0 radical (unpaired) electrons. The largest absolute Gasteiger partial charge is 0.399 e. The lowest BCUT2D eigenvalue weighted by atomic mass is 9.96. The molecule has 0 saturated heterocycles. The van der Waals surface area contributed by atoms with E-state index in [4.69, 9.17) is 28.9 Å². The summed E-state index contributed by atoms with van der Waals surface area (Å²) < 4.78 is 56.3. The summed E-state index contributed by atoms with van der Waals surface area (Å²) in [5, 5.41) is 0.0679. The molecule has 3 nitrogen and oxygen atoms in total. The summed E-state index contributed by atoms with van der Waals surface area (Å²) >= 11 is 11.4. The van der Waals surface area contributed by atoms with Gasteiger partial charge in [0.1, 0.15) is 11.7 Å². The molecule has 3 rings (SSSR count). The Hall–Kier alpha value is -2.35. The quantitative estimate of drug-likeness (QED) is 0.393. The zero-order chi connectivity index (χ0) is 21.3.